The first-order valence-electron chi connectivity index (χ1n) is 19.2. The predicted octanol–water partition coefficient (Wildman–Crippen LogP) is 5.30. The van der Waals surface area contributed by atoms with Crippen LogP contribution in [0.3, 0.4) is 0 Å². The third-order valence-electron chi connectivity index (χ3n) is 10.0. The Morgan fingerprint density at radius 1 is 0.889 bits per heavy atom. The molecule has 6 amide bonds. The molecule has 0 saturated carbocycles. The summed E-state index contributed by atoms with van der Waals surface area (Å²) in [5, 5.41) is 8.36. The van der Waals surface area contributed by atoms with E-state index in [0.29, 0.717) is 42.6 Å². The molecule has 1 unspecified atom stereocenters. The molecular formula is C41H65N5O8. The Balaban J connectivity index is 2.06. The number of nitrogens with zero attached hydrogens (tertiary/aromatic N) is 2. The first kappa shape index (κ1) is 45.9. The minimum Gasteiger partial charge on any atom is -0.461 e. The fourth-order valence-corrected chi connectivity index (χ4v) is 6.20. The van der Waals surface area contributed by atoms with Crippen molar-refractivity contribution < 1.29 is 38.3 Å². The molecule has 0 bridgehead atoms. The number of rotatable bonds is 18. The summed E-state index contributed by atoms with van der Waals surface area (Å²) in [5.41, 5.74) is 0.255. The minimum atomic E-state index is -0.963. The van der Waals surface area contributed by atoms with Crippen molar-refractivity contribution in [1.82, 2.24) is 20.4 Å². The molecule has 13 nitrogen and oxygen atoms in total. The van der Waals surface area contributed by atoms with Crippen LogP contribution in [0.2, 0.25) is 0 Å². The van der Waals surface area contributed by atoms with Gasteiger partial charge in [-0.15, -0.1) is 0 Å². The predicted molar refractivity (Wildman–Crippen MR) is 207 cm³/mol. The van der Waals surface area contributed by atoms with Crippen molar-refractivity contribution >= 4 is 47.1 Å². The van der Waals surface area contributed by atoms with Crippen molar-refractivity contribution in [2.24, 2.45) is 29.1 Å². The van der Waals surface area contributed by atoms with Crippen LogP contribution in [0.15, 0.2) is 18.2 Å². The largest absolute Gasteiger partial charge is 0.461 e. The van der Waals surface area contributed by atoms with Gasteiger partial charge in [-0.05, 0) is 68.7 Å². The number of benzene rings is 1. The molecule has 1 fully saturated rings. The molecule has 1 aliphatic heterocycles. The number of amides is 6. The van der Waals surface area contributed by atoms with E-state index < -0.39 is 34.9 Å². The Bertz CT molecular complexity index is 1540. The van der Waals surface area contributed by atoms with E-state index in [1.54, 1.807) is 64.8 Å². The van der Waals surface area contributed by atoms with E-state index in [2.05, 4.69) is 16.0 Å². The Morgan fingerprint density at radius 2 is 1.52 bits per heavy atom. The molecule has 0 spiro atoms. The molecule has 3 atom stereocenters. The number of ether oxygens (including phenoxy) is 1. The van der Waals surface area contributed by atoms with Crippen LogP contribution in [0.1, 0.15) is 126 Å². The van der Waals surface area contributed by atoms with Gasteiger partial charge in [0.15, 0.2) is 0 Å². The highest BCUT2D eigenvalue weighted by Gasteiger charge is 2.40. The third kappa shape index (κ3) is 12.4. The quantitative estimate of drug-likeness (QED) is 0.103. The van der Waals surface area contributed by atoms with Crippen molar-refractivity contribution in [3.63, 3.8) is 0 Å². The van der Waals surface area contributed by atoms with Crippen LogP contribution in [0.4, 0.5) is 5.69 Å². The summed E-state index contributed by atoms with van der Waals surface area (Å²) in [4.78, 5) is 92.9. The van der Waals surface area contributed by atoms with E-state index in [0.717, 1.165) is 0 Å². The lowest BCUT2D eigenvalue weighted by molar-refractivity contribution is -0.149. The Morgan fingerprint density at radius 3 is 2.06 bits per heavy atom. The average molecular weight is 756 g/mol. The van der Waals surface area contributed by atoms with Gasteiger partial charge in [-0.25, -0.2) is 0 Å². The molecule has 1 saturated heterocycles. The van der Waals surface area contributed by atoms with Gasteiger partial charge in [0, 0.05) is 43.5 Å². The van der Waals surface area contributed by atoms with Gasteiger partial charge >= 0.3 is 5.97 Å². The molecule has 1 heterocycles. The van der Waals surface area contributed by atoms with Gasteiger partial charge in [0.05, 0.1) is 11.5 Å². The van der Waals surface area contributed by atoms with Gasteiger partial charge in [-0.3, -0.25) is 38.5 Å². The molecule has 0 aliphatic carbocycles. The molecule has 3 N–H and O–H groups in total. The van der Waals surface area contributed by atoms with Crippen LogP contribution in [0.25, 0.3) is 0 Å². The number of esters is 1. The van der Waals surface area contributed by atoms with Gasteiger partial charge in [0.1, 0.15) is 18.7 Å². The Kier molecular flexibility index (Phi) is 16.4. The van der Waals surface area contributed by atoms with Crippen LogP contribution < -0.4 is 16.0 Å². The second-order valence-electron chi connectivity index (χ2n) is 17.1. The molecular weight excluding hydrogens is 690 g/mol. The number of anilines is 1. The summed E-state index contributed by atoms with van der Waals surface area (Å²) >= 11 is 0. The monoisotopic (exact) mass is 755 g/mol. The van der Waals surface area contributed by atoms with Gasteiger partial charge in [-0.2, -0.15) is 0 Å². The molecule has 2 rings (SSSR count). The number of likely N-dealkylation sites (tertiary alicyclic amines) is 1. The average Bonchev–Trinajstić information content (AvgIpc) is 3.36. The molecule has 302 valence electrons. The maximum Gasteiger partial charge on any atom is 0.308 e. The van der Waals surface area contributed by atoms with Gasteiger partial charge in [0.2, 0.25) is 35.4 Å². The lowest BCUT2D eigenvalue weighted by Gasteiger charge is -2.40. The normalized spacial score (nSPS) is 16.1. The van der Waals surface area contributed by atoms with Crippen molar-refractivity contribution in [1.29, 1.82) is 0 Å². The summed E-state index contributed by atoms with van der Waals surface area (Å²) in [6.07, 6.45) is 2.18. The highest BCUT2D eigenvalue weighted by atomic mass is 16.5. The number of hydrogen-bond acceptors (Lipinski definition) is 8. The van der Waals surface area contributed by atoms with E-state index in [9.17, 15) is 33.6 Å². The van der Waals surface area contributed by atoms with E-state index >= 15 is 0 Å². The number of hydrogen-bond donors (Lipinski definition) is 3. The molecule has 1 aromatic carbocycles. The Labute approximate surface area is 322 Å². The highest BCUT2D eigenvalue weighted by Crippen LogP contribution is 2.35. The fraction of sp³-hybridized carbons (Fsp3) is 0.683. The number of imide groups is 1. The zero-order chi connectivity index (χ0) is 41.3. The standard InChI is InChI=1S/C41H65N5O8/c1-24(2)30-22-33(48)46(37(30)51)20-16-14-15-17-32(47)44-34(25(3)4)36(50)42-27(7)35(49)43-29-19-18-28(23-54-38(52)26(5)6)31(21-29)41(11,12)45(13)39(53)40(8,9)10/h18-19,21,24-27,30,34H,14-17,20,22-23H2,1-13H3,(H,42,50)(H,43,49)(H,44,47)/t27-,30?,34-/m0/s1. The number of carbonyl (C=O) groups is 7. The van der Waals surface area contributed by atoms with Crippen LogP contribution >= 0.6 is 0 Å². The second kappa shape index (κ2) is 19.3. The third-order valence-corrected chi connectivity index (χ3v) is 10.0. The molecule has 0 radical (unpaired) electrons. The molecule has 13 heteroatoms. The highest BCUT2D eigenvalue weighted by molar-refractivity contribution is 6.03. The van der Waals surface area contributed by atoms with Crippen LogP contribution in [0, 0.1) is 29.1 Å². The summed E-state index contributed by atoms with van der Waals surface area (Å²) in [7, 11) is 1.72. The first-order valence-corrected chi connectivity index (χ1v) is 19.2. The summed E-state index contributed by atoms with van der Waals surface area (Å²) in [5.74, 6) is -2.76. The SMILES string of the molecule is CC(C)C(=O)OCc1ccc(NC(=O)[C@H](C)NC(=O)[C@@H](NC(=O)CCCCCN2C(=O)CC(C(C)C)C2=O)C(C)C)cc1C(C)(C)N(C)C(=O)C(C)(C)C. The van der Waals surface area contributed by atoms with Crippen molar-refractivity contribution in [2.45, 2.75) is 139 Å². The van der Waals surface area contributed by atoms with Crippen molar-refractivity contribution in [3.05, 3.63) is 29.3 Å². The van der Waals surface area contributed by atoms with Gasteiger partial charge in [-0.1, -0.05) is 74.8 Å². The van der Waals surface area contributed by atoms with Crippen LogP contribution in [0.5, 0.6) is 0 Å². The Hall–Kier alpha value is -4.29. The number of carbonyl (C=O) groups excluding carboxylic acids is 7. The minimum absolute atomic E-state index is 0.0181. The smallest absolute Gasteiger partial charge is 0.308 e. The summed E-state index contributed by atoms with van der Waals surface area (Å²) in [6.45, 7) is 22.1. The topological polar surface area (TPSA) is 171 Å². The summed E-state index contributed by atoms with van der Waals surface area (Å²) in [6, 6.07) is 3.33. The zero-order valence-corrected chi connectivity index (χ0v) is 34.8. The van der Waals surface area contributed by atoms with Crippen LogP contribution in [-0.2, 0) is 50.4 Å². The van der Waals surface area contributed by atoms with E-state index in [1.807, 2.05) is 48.5 Å². The van der Waals surface area contributed by atoms with Crippen LogP contribution in [-0.4, -0.2) is 76.9 Å². The number of unbranched alkanes of at least 4 members (excludes halogenated alkanes) is 2. The lowest BCUT2D eigenvalue weighted by atomic mass is 9.85. The van der Waals surface area contributed by atoms with E-state index in [-0.39, 0.29) is 72.7 Å². The maximum absolute atomic E-state index is 13.4. The lowest BCUT2D eigenvalue weighted by Crippen LogP contribution is -2.53. The summed E-state index contributed by atoms with van der Waals surface area (Å²) < 4.78 is 5.54. The fourth-order valence-electron chi connectivity index (χ4n) is 6.20. The van der Waals surface area contributed by atoms with Gasteiger partial charge in [0.25, 0.3) is 0 Å². The molecule has 1 aromatic rings. The zero-order valence-electron chi connectivity index (χ0n) is 34.8. The van der Waals surface area contributed by atoms with E-state index in [1.165, 1.54) is 4.90 Å². The van der Waals surface area contributed by atoms with Crippen molar-refractivity contribution in [3.8, 4) is 0 Å². The second-order valence-corrected chi connectivity index (χ2v) is 17.1. The van der Waals surface area contributed by atoms with E-state index in [4.69, 9.17) is 4.74 Å². The number of nitrogens with one attached hydrogen (secondary N) is 3. The molecule has 1 aliphatic rings. The molecule has 0 aromatic heterocycles. The van der Waals surface area contributed by atoms with Crippen molar-refractivity contribution in [2.75, 3.05) is 18.9 Å². The maximum atomic E-state index is 13.4. The first-order chi connectivity index (χ1) is 24.9. The van der Waals surface area contributed by atoms with Gasteiger partial charge < -0.3 is 25.6 Å². The molecule has 54 heavy (non-hydrogen) atoms.